The van der Waals surface area contributed by atoms with Crippen LogP contribution in [0, 0.1) is 27.7 Å². The SMILES string of the molecule is Cc1cc(C)cc(C2=Cc3ccccc3[CH]2[Ti+2][CH]2C(c3cc(C)cc(C)c3)=Cc3ccccc32)c1.[Cl-].[Cl-]. The molecular weight excluding hydrogens is 527 g/mol. The van der Waals surface area contributed by atoms with Crippen LogP contribution >= 0.6 is 0 Å². The number of halogens is 2. The fourth-order valence-corrected chi connectivity index (χ4v) is 9.20. The third kappa shape index (κ3) is 5.31. The van der Waals surface area contributed by atoms with Gasteiger partial charge in [0.15, 0.2) is 0 Å². The summed E-state index contributed by atoms with van der Waals surface area (Å²) in [5, 5.41) is 0. The van der Waals surface area contributed by atoms with Crippen molar-refractivity contribution in [1.82, 2.24) is 0 Å². The molecule has 2 aliphatic carbocycles. The van der Waals surface area contributed by atoms with Crippen LogP contribution < -0.4 is 24.8 Å². The third-order valence-electron chi connectivity index (χ3n) is 7.30. The van der Waals surface area contributed by atoms with Crippen LogP contribution in [0.15, 0.2) is 84.9 Å². The molecule has 4 aromatic rings. The molecule has 0 heterocycles. The summed E-state index contributed by atoms with van der Waals surface area (Å²) in [6, 6.07) is 32.2. The first-order chi connectivity index (χ1) is 17.0. The maximum Gasteiger partial charge on any atom is -1.00 e. The molecule has 0 nitrogen and oxygen atoms in total. The van der Waals surface area contributed by atoms with Gasteiger partial charge < -0.3 is 24.8 Å². The average molecular weight is 557 g/mol. The molecule has 0 radical (unpaired) electrons. The molecular formula is C34H30Cl2Ti. The van der Waals surface area contributed by atoms with Crippen LogP contribution in [-0.4, -0.2) is 0 Å². The predicted octanol–water partition coefficient (Wildman–Crippen LogP) is 2.90. The van der Waals surface area contributed by atoms with E-state index in [0.29, 0.717) is 8.45 Å². The summed E-state index contributed by atoms with van der Waals surface area (Å²) in [5.41, 5.74) is 17.1. The molecule has 0 bridgehead atoms. The minimum atomic E-state index is -0.452. The van der Waals surface area contributed by atoms with Crippen molar-refractivity contribution in [2.24, 2.45) is 0 Å². The Hall–Kier alpha value is -2.35. The topological polar surface area (TPSA) is 0 Å². The minimum absolute atomic E-state index is 0. The fourth-order valence-electron chi connectivity index (χ4n) is 5.96. The molecule has 0 spiro atoms. The number of fused-ring (bicyclic) bond motifs is 2. The predicted molar refractivity (Wildman–Crippen MR) is 146 cm³/mol. The van der Waals surface area contributed by atoms with E-state index in [1.165, 1.54) is 66.8 Å². The summed E-state index contributed by atoms with van der Waals surface area (Å²) < 4.78 is 0.996. The zero-order valence-corrected chi connectivity index (χ0v) is 24.7. The van der Waals surface area contributed by atoms with Gasteiger partial charge in [-0.05, 0) is 0 Å². The van der Waals surface area contributed by atoms with E-state index in [1.807, 2.05) is 0 Å². The van der Waals surface area contributed by atoms with Crippen molar-refractivity contribution in [2.75, 3.05) is 0 Å². The quantitative estimate of drug-likeness (QED) is 0.339. The fraction of sp³-hybridized carbons (Fsp3) is 0.176. The number of benzene rings is 4. The van der Waals surface area contributed by atoms with E-state index >= 15 is 0 Å². The second-order valence-corrected chi connectivity index (χ2v) is 12.6. The first-order valence-corrected chi connectivity index (χ1v) is 14.3. The summed E-state index contributed by atoms with van der Waals surface area (Å²) in [5.74, 6) is 0. The Kier molecular flexibility index (Phi) is 8.36. The van der Waals surface area contributed by atoms with Gasteiger partial charge in [-0.15, -0.1) is 0 Å². The smallest absolute Gasteiger partial charge is 1.00 e. The number of aryl methyl sites for hydroxylation is 4. The van der Waals surface area contributed by atoms with Crippen LogP contribution in [0.5, 0.6) is 0 Å². The van der Waals surface area contributed by atoms with Crippen molar-refractivity contribution < 1.29 is 44.0 Å². The number of allylic oxidation sites excluding steroid dienone is 2. The Balaban J connectivity index is 0.00000160. The van der Waals surface area contributed by atoms with E-state index in [-0.39, 0.29) is 24.8 Å². The van der Waals surface area contributed by atoms with Gasteiger partial charge in [-0.2, -0.15) is 0 Å². The van der Waals surface area contributed by atoms with Gasteiger partial charge in [0.1, 0.15) is 0 Å². The third-order valence-corrected chi connectivity index (χ3v) is 10.3. The van der Waals surface area contributed by atoms with E-state index in [1.54, 1.807) is 0 Å². The van der Waals surface area contributed by atoms with Crippen molar-refractivity contribution in [3.8, 4) is 0 Å². The van der Waals surface area contributed by atoms with Crippen LogP contribution in [0.25, 0.3) is 23.3 Å². The van der Waals surface area contributed by atoms with Gasteiger partial charge in [0.2, 0.25) is 0 Å². The molecule has 2 atom stereocenters. The molecule has 4 aromatic carbocycles. The van der Waals surface area contributed by atoms with Gasteiger partial charge in [0.25, 0.3) is 0 Å². The molecule has 6 rings (SSSR count). The molecule has 0 saturated carbocycles. The Morgan fingerprint density at radius 1 is 0.486 bits per heavy atom. The van der Waals surface area contributed by atoms with Crippen molar-refractivity contribution in [1.29, 1.82) is 0 Å². The average Bonchev–Trinajstić information content (AvgIpc) is 3.37. The first kappa shape index (κ1) is 27.7. The first-order valence-electron chi connectivity index (χ1n) is 12.5. The standard InChI is InChI=1S/2C17H15.2ClH.Ti/c2*1-12-7-13(2)9-16(8-12)17-10-14-5-3-4-6-15(14)11-17;;;/h2*3-11H,1-2H3;2*1H;/q;;;;+2/p-2. The monoisotopic (exact) mass is 556 g/mol. The zero-order chi connectivity index (χ0) is 24.1. The maximum absolute atomic E-state index is 2.47. The number of hydrogen-bond donors (Lipinski definition) is 0. The van der Waals surface area contributed by atoms with E-state index in [2.05, 4.69) is 125 Å². The Morgan fingerprint density at radius 2 is 0.838 bits per heavy atom. The summed E-state index contributed by atoms with van der Waals surface area (Å²) in [7, 11) is 0. The number of hydrogen-bond acceptors (Lipinski definition) is 0. The van der Waals surface area contributed by atoms with Crippen LogP contribution in [0.1, 0.15) is 64.1 Å². The molecule has 184 valence electrons. The summed E-state index contributed by atoms with van der Waals surface area (Å²) in [4.78, 5) is 0. The van der Waals surface area contributed by atoms with Crippen molar-refractivity contribution >= 4 is 23.3 Å². The van der Waals surface area contributed by atoms with Crippen molar-refractivity contribution in [2.45, 2.75) is 36.1 Å². The second kappa shape index (κ2) is 11.2. The second-order valence-electron chi connectivity index (χ2n) is 10.2. The zero-order valence-electron chi connectivity index (χ0n) is 21.6. The van der Waals surface area contributed by atoms with Crippen molar-refractivity contribution in [3.63, 3.8) is 0 Å². The van der Waals surface area contributed by atoms with Crippen LogP contribution in [0.4, 0.5) is 0 Å². The van der Waals surface area contributed by atoms with E-state index in [9.17, 15) is 0 Å². The van der Waals surface area contributed by atoms with Gasteiger partial charge in [-0.25, -0.2) is 0 Å². The molecule has 2 unspecified atom stereocenters. The van der Waals surface area contributed by atoms with Gasteiger partial charge >= 0.3 is 219 Å². The summed E-state index contributed by atoms with van der Waals surface area (Å²) >= 11 is -0.452. The molecule has 0 aromatic heterocycles. The van der Waals surface area contributed by atoms with E-state index < -0.39 is 19.2 Å². The number of rotatable bonds is 4. The van der Waals surface area contributed by atoms with Gasteiger partial charge in [-0.3, -0.25) is 0 Å². The molecule has 3 heteroatoms. The van der Waals surface area contributed by atoms with E-state index in [0.717, 1.165) is 0 Å². The van der Waals surface area contributed by atoms with Crippen LogP contribution in [0.2, 0.25) is 0 Å². The molecule has 0 fully saturated rings. The molecule has 0 amide bonds. The van der Waals surface area contributed by atoms with Crippen LogP contribution in [0.3, 0.4) is 0 Å². The Labute approximate surface area is 242 Å². The molecule has 0 aliphatic heterocycles. The summed E-state index contributed by atoms with van der Waals surface area (Å²) in [6.07, 6.45) is 4.94. The van der Waals surface area contributed by atoms with Gasteiger partial charge in [0, 0.05) is 0 Å². The summed E-state index contributed by atoms with van der Waals surface area (Å²) in [6.45, 7) is 8.88. The minimum Gasteiger partial charge on any atom is -1.00 e. The van der Waals surface area contributed by atoms with E-state index in [4.69, 9.17) is 0 Å². The normalized spacial score (nSPS) is 17.0. The van der Waals surface area contributed by atoms with Crippen LogP contribution in [-0.2, 0) is 19.2 Å². The molecule has 37 heavy (non-hydrogen) atoms. The molecule has 0 saturated heterocycles. The molecule has 2 aliphatic rings. The maximum atomic E-state index is 2.47. The molecule has 0 N–H and O–H groups in total. The van der Waals surface area contributed by atoms with Gasteiger partial charge in [0.05, 0.1) is 0 Å². The Bertz CT molecular complexity index is 1370. The van der Waals surface area contributed by atoms with Crippen molar-refractivity contribution in [3.05, 3.63) is 141 Å². The van der Waals surface area contributed by atoms with Gasteiger partial charge in [-0.1, -0.05) is 0 Å². The Morgan fingerprint density at radius 3 is 1.22 bits per heavy atom. The largest absolute Gasteiger partial charge is 1.00 e.